The molecule has 5 rings (SSSR count). The fraction of sp³-hybridized carbons (Fsp3) is 0.346. The van der Waals surface area contributed by atoms with Crippen LogP contribution < -0.4 is 5.32 Å². The summed E-state index contributed by atoms with van der Waals surface area (Å²) in [7, 11) is 0. The number of rotatable bonds is 5. The third kappa shape index (κ3) is 4.58. The summed E-state index contributed by atoms with van der Waals surface area (Å²) in [6.45, 7) is 0. The number of hydrogen-bond donors (Lipinski definition) is 1. The van der Waals surface area contributed by atoms with Crippen LogP contribution in [-0.4, -0.2) is 16.4 Å². The molecule has 168 valence electrons. The van der Waals surface area contributed by atoms with Crippen LogP contribution in [0.25, 0.3) is 22.7 Å². The zero-order chi connectivity index (χ0) is 23.0. The lowest BCUT2D eigenvalue weighted by molar-refractivity contribution is -0.127. The summed E-state index contributed by atoms with van der Waals surface area (Å²) >= 11 is 9.71. The van der Waals surface area contributed by atoms with Gasteiger partial charge in [-0.25, -0.2) is 4.98 Å². The average Bonchev–Trinajstić information content (AvgIpc) is 3.46. The molecular formula is C26H23BrClN3O2. The van der Waals surface area contributed by atoms with Gasteiger partial charge in [0.1, 0.15) is 17.0 Å². The van der Waals surface area contributed by atoms with E-state index in [9.17, 15) is 10.1 Å². The Morgan fingerprint density at radius 1 is 1.15 bits per heavy atom. The summed E-state index contributed by atoms with van der Waals surface area (Å²) in [6.07, 6.45) is 5.05. The fourth-order valence-electron chi connectivity index (χ4n) is 4.62. The first-order chi connectivity index (χ1) is 16.0. The van der Waals surface area contributed by atoms with Crippen LogP contribution in [0.15, 0.2) is 57.4 Å². The van der Waals surface area contributed by atoms with Gasteiger partial charge < -0.3 is 9.73 Å². The third-order valence-electron chi connectivity index (χ3n) is 6.61. The highest BCUT2D eigenvalue weighted by Gasteiger charge is 2.47. The highest BCUT2D eigenvalue weighted by molar-refractivity contribution is 9.10. The molecule has 3 aromatic rings. The number of nitrogens with one attached hydrogen (secondary N) is 1. The first-order valence-electron chi connectivity index (χ1n) is 11.2. The van der Waals surface area contributed by atoms with E-state index in [1.54, 1.807) is 0 Å². The SMILES string of the molecule is N#CC1(NC(=O)[C@@H]2CCCC[C@H]2c2oc(-c3cccc(Cl)c3)nc2-c2ccc(Br)cc2)CC1. The number of hydrogen-bond acceptors (Lipinski definition) is 4. The third-order valence-corrected chi connectivity index (χ3v) is 7.37. The lowest BCUT2D eigenvalue weighted by atomic mass is 9.76. The van der Waals surface area contributed by atoms with Crippen molar-refractivity contribution in [3.05, 3.63) is 63.8 Å². The predicted molar refractivity (Wildman–Crippen MR) is 131 cm³/mol. The number of carbonyl (C=O) groups excluding carboxylic acids is 1. The van der Waals surface area contributed by atoms with Gasteiger partial charge in [-0.3, -0.25) is 4.79 Å². The van der Waals surface area contributed by atoms with Gasteiger partial charge in [0.2, 0.25) is 11.8 Å². The molecule has 1 heterocycles. The van der Waals surface area contributed by atoms with Crippen LogP contribution in [0, 0.1) is 17.2 Å². The lowest BCUT2D eigenvalue weighted by Crippen LogP contribution is -2.42. The van der Waals surface area contributed by atoms with E-state index in [0.29, 0.717) is 10.9 Å². The zero-order valence-corrected chi connectivity index (χ0v) is 20.3. The van der Waals surface area contributed by atoms with E-state index >= 15 is 0 Å². The number of benzene rings is 2. The molecule has 2 aliphatic rings. The van der Waals surface area contributed by atoms with Crippen molar-refractivity contribution in [2.45, 2.75) is 50.0 Å². The Balaban J connectivity index is 1.56. The van der Waals surface area contributed by atoms with Gasteiger partial charge in [0.15, 0.2) is 0 Å². The molecule has 0 aliphatic heterocycles. The maximum absolute atomic E-state index is 13.3. The molecule has 0 unspecified atom stereocenters. The van der Waals surface area contributed by atoms with Crippen LogP contribution in [0.3, 0.4) is 0 Å². The van der Waals surface area contributed by atoms with Crippen molar-refractivity contribution < 1.29 is 9.21 Å². The monoisotopic (exact) mass is 523 g/mol. The molecule has 1 N–H and O–H groups in total. The van der Waals surface area contributed by atoms with Crippen molar-refractivity contribution >= 4 is 33.4 Å². The van der Waals surface area contributed by atoms with Crippen molar-refractivity contribution in [2.24, 2.45) is 5.92 Å². The maximum atomic E-state index is 13.3. The van der Waals surface area contributed by atoms with Gasteiger partial charge in [-0.1, -0.05) is 58.6 Å². The van der Waals surface area contributed by atoms with Crippen molar-refractivity contribution in [1.82, 2.24) is 10.3 Å². The molecule has 1 amide bonds. The van der Waals surface area contributed by atoms with Crippen LogP contribution in [-0.2, 0) is 4.79 Å². The second-order valence-corrected chi connectivity index (χ2v) is 10.3. The molecule has 5 nitrogen and oxygen atoms in total. The summed E-state index contributed by atoms with van der Waals surface area (Å²) in [4.78, 5) is 18.1. The van der Waals surface area contributed by atoms with E-state index in [4.69, 9.17) is 21.0 Å². The summed E-state index contributed by atoms with van der Waals surface area (Å²) in [6, 6.07) is 17.6. The molecule has 33 heavy (non-hydrogen) atoms. The quantitative estimate of drug-likeness (QED) is 0.395. The zero-order valence-electron chi connectivity index (χ0n) is 18.0. The highest BCUT2D eigenvalue weighted by atomic mass is 79.9. The maximum Gasteiger partial charge on any atom is 0.226 e. The molecule has 1 aromatic heterocycles. The molecule has 0 radical (unpaired) electrons. The predicted octanol–water partition coefficient (Wildman–Crippen LogP) is 6.87. The minimum atomic E-state index is -0.680. The molecule has 0 saturated heterocycles. The Bertz CT molecular complexity index is 1230. The summed E-state index contributed by atoms with van der Waals surface area (Å²) in [5.41, 5.74) is 1.81. The van der Waals surface area contributed by atoms with E-state index in [1.165, 1.54) is 0 Å². The molecular weight excluding hydrogens is 502 g/mol. The number of nitrogens with zero attached hydrogens (tertiary/aromatic N) is 2. The minimum Gasteiger partial charge on any atom is -0.440 e. The van der Waals surface area contributed by atoms with Crippen LogP contribution in [0.4, 0.5) is 0 Å². The van der Waals surface area contributed by atoms with Gasteiger partial charge in [0.05, 0.1) is 6.07 Å². The van der Waals surface area contributed by atoms with Gasteiger partial charge in [0.25, 0.3) is 0 Å². The Hall–Kier alpha value is -2.62. The molecule has 7 heteroatoms. The summed E-state index contributed by atoms with van der Waals surface area (Å²) < 4.78 is 7.39. The fourth-order valence-corrected chi connectivity index (χ4v) is 5.07. The van der Waals surface area contributed by atoms with Crippen LogP contribution in [0.2, 0.25) is 5.02 Å². The molecule has 0 bridgehead atoms. The highest BCUT2D eigenvalue weighted by Crippen LogP contribution is 2.45. The van der Waals surface area contributed by atoms with Crippen molar-refractivity contribution in [2.75, 3.05) is 0 Å². The number of halogens is 2. The second kappa shape index (κ2) is 8.96. The van der Waals surface area contributed by atoms with Crippen LogP contribution >= 0.6 is 27.5 Å². The average molecular weight is 525 g/mol. The summed E-state index contributed by atoms with van der Waals surface area (Å²) in [5.74, 6) is 0.812. The van der Waals surface area contributed by atoms with E-state index in [-0.39, 0.29) is 17.7 Å². The minimum absolute atomic E-state index is 0.0544. The Morgan fingerprint density at radius 3 is 2.61 bits per heavy atom. The Kier molecular flexibility index (Phi) is 6.03. The van der Waals surface area contributed by atoms with E-state index in [0.717, 1.165) is 65.6 Å². The lowest BCUT2D eigenvalue weighted by Gasteiger charge is -2.30. The number of oxazole rings is 1. The molecule has 2 atom stereocenters. The first-order valence-corrected chi connectivity index (χ1v) is 12.4. The van der Waals surface area contributed by atoms with Crippen molar-refractivity contribution in [1.29, 1.82) is 5.26 Å². The molecule has 2 aliphatic carbocycles. The topological polar surface area (TPSA) is 78.9 Å². The van der Waals surface area contributed by atoms with Crippen LogP contribution in [0.1, 0.15) is 50.2 Å². The van der Waals surface area contributed by atoms with Gasteiger partial charge in [-0.2, -0.15) is 5.26 Å². The van der Waals surface area contributed by atoms with Crippen molar-refractivity contribution in [3.8, 4) is 28.8 Å². The van der Waals surface area contributed by atoms with E-state index in [1.807, 2.05) is 48.5 Å². The van der Waals surface area contributed by atoms with Gasteiger partial charge >= 0.3 is 0 Å². The van der Waals surface area contributed by atoms with E-state index in [2.05, 4.69) is 27.3 Å². The van der Waals surface area contributed by atoms with Crippen LogP contribution in [0.5, 0.6) is 0 Å². The smallest absolute Gasteiger partial charge is 0.226 e. The standard InChI is InChI=1S/C26H23BrClN3O2/c27-18-10-8-16(9-11-18)22-23(33-25(30-22)17-4-3-5-19(28)14-17)20-6-1-2-7-21(20)24(32)31-26(15-29)12-13-26/h3-5,8-11,14,20-21H,1-2,6-7,12-13H2,(H,31,32)/t20-,21-/m1/s1. The number of carbonyl (C=O) groups is 1. The molecule has 2 aromatic carbocycles. The first kappa shape index (κ1) is 22.2. The number of nitriles is 1. The number of aromatic nitrogens is 1. The van der Waals surface area contributed by atoms with Gasteiger partial charge in [-0.15, -0.1) is 0 Å². The Labute approximate surface area is 206 Å². The van der Waals surface area contributed by atoms with Gasteiger partial charge in [-0.05, 0) is 56.0 Å². The molecule has 0 spiro atoms. The molecule has 2 saturated carbocycles. The summed E-state index contributed by atoms with van der Waals surface area (Å²) in [5, 5.41) is 13.1. The number of amides is 1. The largest absolute Gasteiger partial charge is 0.440 e. The van der Waals surface area contributed by atoms with E-state index < -0.39 is 5.54 Å². The van der Waals surface area contributed by atoms with Gasteiger partial charge in [0, 0.05) is 32.5 Å². The normalized spacial score (nSPS) is 21.2. The van der Waals surface area contributed by atoms with Crippen molar-refractivity contribution in [3.63, 3.8) is 0 Å². The Morgan fingerprint density at radius 2 is 1.91 bits per heavy atom. The second-order valence-electron chi connectivity index (χ2n) is 8.93. The molecule has 2 fully saturated rings.